The highest BCUT2D eigenvalue weighted by molar-refractivity contribution is 7.79. The van der Waals surface area contributed by atoms with E-state index >= 15 is 0 Å². The van der Waals surface area contributed by atoms with Crippen molar-refractivity contribution in [3.05, 3.63) is 119 Å². The Bertz CT molecular complexity index is 1230. The van der Waals surface area contributed by atoms with Gasteiger partial charge in [0.2, 0.25) is 0 Å². The Morgan fingerprint density at radius 2 is 1.19 bits per heavy atom. The van der Waals surface area contributed by atoms with Gasteiger partial charge < -0.3 is 4.89 Å². The van der Waals surface area contributed by atoms with Crippen molar-refractivity contribution in [3.8, 4) is 0 Å². The molecule has 158 valence electrons. The van der Waals surface area contributed by atoms with Crippen molar-refractivity contribution in [2.45, 2.75) is 31.1 Å². The Balaban J connectivity index is 1.62. The fraction of sp³-hybridized carbons (Fsp3) is 0.172. The fourth-order valence-electron chi connectivity index (χ4n) is 6.03. The van der Waals surface area contributed by atoms with Crippen LogP contribution in [0.15, 0.2) is 97.1 Å². The molecule has 3 heteroatoms. The summed E-state index contributed by atoms with van der Waals surface area (Å²) in [6.45, 7) is 0. The van der Waals surface area contributed by atoms with Crippen molar-refractivity contribution in [1.29, 1.82) is 0 Å². The zero-order chi connectivity index (χ0) is 21.5. The summed E-state index contributed by atoms with van der Waals surface area (Å²) in [6, 6.07) is 35.6. The van der Waals surface area contributed by atoms with Gasteiger partial charge in [0.15, 0.2) is 0 Å². The maximum Gasteiger partial charge on any atom is 0.0423 e. The minimum Gasteiger partial charge on any atom is -0.372 e. The maximum absolute atomic E-state index is 10.3. The summed E-state index contributed by atoms with van der Waals surface area (Å²) in [6.07, 6.45) is 4.54. The molecule has 32 heavy (non-hydrogen) atoms. The molecule has 0 aromatic heterocycles. The molecule has 0 fully saturated rings. The van der Waals surface area contributed by atoms with Crippen LogP contribution in [0.1, 0.15) is 35.1 Å². The van der Waals surface area contributed by atoms with E-state index in [2.05, 4.69) is 97.1 Å². The summed E-state index contributed by atoms with van der Waals surface area (Å²) < 4.78 is 0. The minimum absolute atomic E-state index is 0.0394. The van der Waals surface area contributed by atoms with E-state index in [-0.39, 0.29) is 14.2 Å². The highest BCUT2D eigenvalue weighted by atomic mass is 31.1. The molecule has 2 atom stereocenters. The van der Waals surface area contributed by atoms with Crippen LogP contribution in [-0.2, 0) is 18.3 Å². The Morgan fingerprint density at radius 1 is 0.625 bits per heavy atom. The van der Waals surface area contributed by atoms with Crippen LogP contribution >= 0.6 is 16.7 Å². The molecule has 4 aromatic carbocycles. The van der Waals surface area contributed by atoms with Gasteiger partial charge >= 0.3 is 0 Å². The molecule has 2 aliphatic rings. The molecule has 2 aliphatic carbocycles. The first-order valence-corrected chi connectivity index (χ1v) is 13.7. The average molecular weight is 452 g/mol. The third-order valence-corrected chi connectivity index (χ3v) is 10.4. The average Bonchev–Trinajstić information content (AvgIpc) is 3.43. The first-order chi connectivity index (χ1) is 15.8. The standard InChI is InChI=1S/C29H26OP2/c30-31-25-15-7-9-21-17-19-29(27(21)25)20-18-22-10-8-16-26(28(22)29)32(23-11-3-1-4-12-23)24-13-5-2-6-14-24/h1-16,30-31H,17-20H2/t29-/m1/s1. The van der Waals surface area contributed by atoms with Crippen molar-refractivity contribution in [2.75, 3.05) is 0 Å². The lowest BCUT2D eigenvalue weighted by Gasteiger charge is -2.33. The summed E-state index contributed by atoms with van der Waals surface area (Å²) >= 11 is 0. The summed E-state index contributed by atoms with van der Waals surface area (Å²) in [7, 11) is -0.802. The number of rotatable bonds is 4. The zero-order valence-corrected chi connectivity index (χ0v) is 19.9. The van der Waals surface area contributed by atoms with Gasteiger partial charge in [-0.05, 0) is 71.8 Å². The first-order valence-electron chi connectivity index (χ1n) is 11.4. The molecule has 1 nitrogen and oxygen atoms in total. The summed E-state index contributed by atoms with van der Waals surface area (Å²) in [4.78, 5) is 10.3. The number of fused-ring (bicyclic) bond motifs is 4. The third-order valence-electron chi connectivity index (χ3n) is 7.27. The van der Waals surface area contributed by atoms with E-state index in [1.165, 1.54) is 32.6 Å². The molecular weight excluding hydrogens is 426 g/mol. The monoisotopic (exact) mass is 452 g/mol. The van der Waals surface area contributed by atoms with Gasteiger partial charge in [0.1, 0.15) is 0 Å². The van der Waals surface area contributed by atoms with Crippen molar-refractivity contribution in [1.82, 2.24) is 0 Å². The van der Waals surface area contributed by atoms with Crippen LogP contribution in [0.2, 0.25) is 0 Å². The van der Waals surface area contributed by atoms with Crippen molar-refractivity contribution >= 4 is 37.9 Å². The van der Waals surface area contributed by atoms with Gasteiger partial charge in [-0.15, -0.1) is 0 Å². The van der Waals surface area contributed by atoms with E-state index in [4.69, 9.17) is 0 Å². The second kappa shape index (κ2) is 8.24. The molecule has 0 saturated carbocycles. The third kappa shape index (κ3) is 3.11. The molecule has 1 N–H and O–H groups in total. The van der Waals surface area contributed by atoms with Crippen LogP contribution in [-0.4, -0.2) is 4.89 Å². The van der Waals surface area contributed by atoms with E-state index in [1.807, 2.05) is 0 Å². The second-order valence-corrected chi connectivity index (χ2v) is 11.8. The topological polar surface area (TPSA) is 20.2 Å². The molecule has 1 unspecified atom stereocenters. The summed E-state index contributed by atoms with van der Waals surface area (Å²) in [5.41, 5.74) is 5.98. The number of aryl methyl sites for hydroxylation is 2. The molecule has 4 aromatic rings. The van der Waals surface area contributed by atoms with E-state index in [0.717, 1.165) is 31.0 Å². The predicted octanol–water partition coefficient (Wildman–Crippen LogP) is 4.83. The smallest absolute Gasteiger partial charge is 0.0423 e. The fourth-order valence-corrected chi connectivity index (χ4v) is 9.32. The van der Waals surface area contributed by atoms with E-state index < -0.39 is 7.92 Å². The molecule has 6 rings (SSSR count). The largest absolute Gasteiger partial charge is 0.372 e. The van der Waals surface area contributed by atoms with Crippen molar-refractivity contribution in [3.63, 3.8) is 0 Å². The van der Waals surface area contributed by atoms with Crippen LogP contribution in [0, 0.1) is 0 Å². The lowest BCUT2D eigenvalue weighted by Crippen LogP contribution is -2.33. The normalized spacial score (nSPS) is 19.2. The highest BCUT2D eigenvalue weighted by Gasteiger charge is 2.48. The molecular formula is C29H26OP2. The minimum atomic E-state index is -0.654. The summed E-state index contributed by atoms with van der Waals surface area (Å²) in [5.74, 6) is 0. The molecule has 0 amide bonds. The number of hydrogen-bond acceptors (Lipinski definition) is 1. The first kappa shape index (κ1) is 20.3. The SMILES string of the molecule is OPc1cccc2c1[C@@]1(CC2)CCc2cccc(P(c3ccccc3)c3ccccc3)c21. The van der Waals surface area contributed by atoms with Crippen molar-refractivity contribution in [2.24, 2.45) is 0 Å². The van der Waals surface area contributed by atoms with Crippen LogP contribution in [0.4, 0.5) is 0 Å². The quantitative estimate of drug-likeness (QED) is 0.440. The van der Waals surface area contributed by atoms with Gasteiger partial charge in [-0.1, -0.05) is 97.1 Å². The Labute approximate surface area is 193 Å². The van der Waals surface area contributed by atoms with Gasteiger partial charge in [-0.3, -0.25) is 0 Å². The van der Waals surface area contributed by atoms with Gasteiger partial charge in [0.05, 0.1) is 0 Å². The van der Waals surface area contributed by atoms with E-state index in [0.29, 0.717) is 0 Å². The molecule has 0 saturated heterocycles. The van der Waals surface area contributed by atoms with Crippen LogP contribution in [0.3, 0.4) is 0 Å². The molecule has 0 aliphatic heterocycles. The van der Waals surface area contributed by atoms with Gasteiger partial charge in [0.25, 0.3) is 0 Å². The second-order valence-electron chi connectivity index (χ2n) is 8.85. The Kier molecular flexibility index (Phi) is 5.23. The predicted molar refractivity (Wildman–Crippen MR) is 139 cm³/mol. The van der Waals surface area contributed by atoms with E-state index in [9.17, 15) is 4.89 Å². The van der Waals surface area contributed by atoms with Gasteiger partial charge in [-0.25, -0.2) is 0 Å². The Hall–Kier alpha value is -2.30. The van der Waals surface area contributed by atoms with Crippen LogP contribution in [0.5, 0.6) is 0 Å². The lowest BCUT2D eigenvalue weighted by molar-refractivity contribution is 0.511. The molecule has 0 radical (unpaired) electrons. The molecule has 0 bridgehead atoms. The number of benzene rings is 4. The van der Waals surface area contributed by atoms with E-state index in [1.54, 1.807) is 5.56 Å². The maximum atomic E-state index is 10.3. The molecule has 1 spiro atoms. The van der Waals surface area contributed by atoms with Crippen molar-refractivity contribution < 1.29 is 4.89 Å². The Morgan fingerprint density at radius 3 is 1.78 bits per heavy atom. The van der Waals surface area contributed by atoms with Crippen LogP contribution < -0.4 is 21.2 Å². The summed E-state index contributed by atoms with van der Waals surface area (Å²) in [5, 5.41) is 5.45. The molecule has 0 heterocycles. The lowest BCUT2D eigenvalue weighted by atomic mass is 9.76. The highest BCUT2D eigenvalue weighted by Crippen LogP contribution is 2.54. The van der Waals surface area contributed by atoms with Crippen LogP contribution in [0.25, 0.3) is 0 Å². The van der Waals surface area contributed by atoms with Gasteiger partial charge in [-0.2, -0.15) is 0 Å². The van der Waals surface area contributed by atoms with Gasteiger partial charge in [0, 0.05) is 19.5 Å². The number of hydrogen-bond donors (Lipinski definition) is 1. The zero-order valence-electron chi connectivity index (χ0n) is 18.0.